The lowest BCUT2D eigenvalue weighted by Gasteiger charge is -2.46. The molecule has 3 nitrogen and oxygen atoms in total. The van der Waals surface area contributed by atoms with E-state index in [2.05, 4.69) is 11.8 Å². The van der Waals surface area contributed by atoms with Crippen LogP contribution in [-0.2, 0) is 0 Å². The highest BCUT2D eigenvalue weighted by Crippen LogP contribution is 2.40. The van der Waals surface area contributed by atoms with Crippen molar-refractivity contribution in [2.75, 3.05) is 26.3 Å². The topological polar surface area (TPSA) is 43.7 Å². The number of aliphatic hydroxyl groups is 2. The summed E-state index contributed by atoms with van der Waals surface area (Å²) in [5.41, 5.74) is 0.108. The number of hydrogen-bond donors (Lipinski definition) is 2. The molecule has 0 heterocycles. The van der Waals surface area contributed by atoms with Gasteiger partial charge in [-0.15, -0.1) is 0 Å². The highest BCUT2D eigenvalue weighted by atomic mass is 16.3. The van der Waals surface area contributed by atoms with E-state index in [-0.39, 0.29) is 12.0 Å². The molecule has 2 N–H and O–H groups in total. The van der Waals surface area contributed by atoms with Crippen LogP contribution in [0.5, 0.6) is 0 Å². The molecule has 0 aromatic carbocycles. The van der Waals surface area contributed by atoms with Crippen LogP contribution >= 0.6 is 0 Å². The van der Waals surface area contributed by atoms with E-state index in [1.807, 2.05) is 0 Å². The van der Waals surface area contributed by atoms with Crippen LogP contribution in [0.3, 0.4) is 0 Å². The van der Waals surface area contributed by atoms with Crippen molar-refractivity contribution in [2.24, 2.45) is 11.3 Å². The lowest BCUT2D eigenvalue weighted by molar-refractivity contribution is -0.00441. The lowest BCUT2D eigenvalue weighted by Crippen LogP contribution is -2.49. The fraction of sp³-hybridized carbons (Fsp3) is 1.00. The van der Waals surface area contributed by atoms with Crippen LogP contribution in [0.2, 0.25) is 0 Å². The first-order chi connectivity index (χ1) is 8.69. The van der Waals surface area contributed by atoms with Crippen molar-refractivity contribution in [1.82, 2.24) is 4.90 Å². The molecule has 2 saturated carbocycles. The fourth-order valence-electron chi connectivity index (χ4n) is 3.44. The largest absolute Gasteiger partial charge is 0.396 e. The summed E-state index contributed by atoms with van der Waals surface area (Å²) >= 11 is 0. The molecule has 2 aliphatic carbocycles. The molecule has 0 aromatic rings. The van der Waals surface area contributed by atoms with Gasteiger partial charge in [0.25, 0.3) is 0 Å². The van der Waals surface area contributed by atoms with Crippen molar-refractivity contribution in [3.8, 4) is 0 Å². The summed E-state index contributed by atoms with van der Waals surface area (Å²) in [5, 5.41) is 19.1. The van der Waals surface area contributed by atoms with Crippen molar-refractivity contribution in [2.45, 2.75) is 57.9 Å². The molecular weight excluding hydrogens is 226 g/mol. The van der Waals surface area contributed by atoms with Gasteiger partial charge in [0.15, 0.2) is 0 Å². The van der Waals surface area contributed by atoms with E-state index >= 15 is 0 Å². The van der Waals surface area contributed by atoms with Gasteiger partial charge < -0.3 is 10.2 Å². The zero-order valence-electron chi connectivity index (χ0n) is 11.8. The van der Waals surface area contributed by atoms with Gasteiger partial charge in [0.1, 0.15) is 0 Å². The highest BCUT2D eigenvalue weighted by Gasteiger charge is 2.37. The molecule has 2 rings (SSSR count). The summed E-state index contributed by atoms with van der Waals surface area (Å²) in [4.78, 5) is 2.44. The van der Waals surface area contributed by atoms with Gasteiger partial charge in [0, 0.05) is 31.2 Å². The van der Waals surface area contributed by atoms with Gasteiger partial charge in [0.2, 0.25) is 0 Å². The Kier molecular flexibility index (Phi) is 5.05. The monoisotopic (exact) mass is 255 g/mol. The minimum atomic E-state index is 0.108. The Hall–Kier alpha value is -0.120. The second-order valence-corrected chi connectivity index (χ2v) is 6.62. The second kappa shape index (κ2) is 6.36. The number of hydrogen-bond acceptors (Lipinski definition) is 3. The third-order valence-electron chi connectivity index (χ3n) is 5.19. The maximum absolute atomic E-state index is 9.83. The fourth-order valence-corrected chi connectivity index (χ4v) is 3.44. The Morgan fingerprint density at radius 2 is 1.78 bits per heavy atom. The van der Waals surface area contributed by atoms with Crippen molar-refractivity contribution >= 4 is 0 Å². The Bertz CT molecular complexity index is 245. The van der Waals surface area contributed by atoms with Gasteiger partial charge in [0.05, 0.1) is 6.61 Å². The van der Waals surface area contributed by atoms with Crippen LogP contribution < -0.4 is 0 Å². The summed E-state index contributed by atoms with van der Waals surface area (Å²) in [7, 11) is 0. The van der Waals surface area contributed by atoms with Crippen molar-refractivity contribution in [1.29, 1.82) is 0 Å². The van der Waals surface area contributed by atoms with E-state index in [1.54, 1.807) is 0 Å². The summed E-state index contributed by atoms with van der Waals surface area (Å²) in [5.74, 6) is 0.819. The molecule has 0 spiro atoms. The van der Waals surface area contributed by atoms with Crippen LogP contribution in [0.1, 0.15) is 51.9 Å². The molecule has 0 amide bonds. The molecule has 0 unspecified atom stereocenters. The average Bonchev–Trinajstić information content (AvgIpc) is 2.31. The maximum Gasteiger partial charge on any atom is 0.0558 e. The van der Waals surface area contributed by atoms with Crippen LogP contribution in [0.15, 0.2) is 0 Å². The number of aliphatic hydroxyl groups excluding tert-OH is 2. The Morgan fingerprint density at radius 1 is 1.11 bits per heavy atom. The number of rotatable bonds is 6. The second-order valence-electron chi connectivity index (χ2n) is 6.62. The molecule has 0 aliphatic heterocycles. The smallest absolute Gasteiger partial charge is 0.0558 e. The predicted molar refractivity (Wildman–Crippen MR) is 73.4 cm³/mol. The summed E-state index contributed by atoms with van der Waals surface area (Å²) in [6, 6.07) is 0.667. The van der Waals surface area contributed by atoms with Crippen LogP contribution in [0.4, 0.5) is 0 Å². The Labute approximate surface area is 111 Å². The average molecular weight is 255 g/mol. The van der Waals surface area contributed by atoms with Crippen molar-refractivity contribution < 1.29 is 10.2 Å². The first-order valence-electron chi connectivity index (χ1n) is 7.65. The normalized spacial score (nSPS) is 33.7. The van der Waals surface area contributed by atoms with Gasteiger partial charge in [-0.05, 0) is 31.6 Å². The lowest BCUT2D eigenvalue weighted by atomic mass is 9.70. The van der Waals surface area contributed by atoms with Crippen molar-refractivity contribution in [3.05, 3.63) is 0 Å². The summed E-state index contributed by atoms with van der Waals surface area (Å²) < 4.78 is 0. The van der Waals surface area contributed by atoms with Gasteiger partial charge in [-0.25, -0.2) is 0 Å². The first kappa shape index (κ1) is 14.3. The first-order valence-corrected chi connectivity index (χ1v) is 7.65. The zero-order chi connectivity index (χ0) is 13.0. The van der Waals surface area contributed by atoms with Crippen LogP contribution in [-0.4, -0.2) is 47.5 Å². The van der Waals surface area contributed by atoms with Crippen LogP contribution in [0, 0.1) is 11.3 Å². The Balaban J connectivity index is 1.93. The SMILES string of the molecule is CC1CCC(CO)(CN(CCO)C2CCC2)CC1. The zero-order valence-corrected chi connectivity index (χ0v) is 11.8. The van der Waals surface area contributed by atoms with Gasteiger partial charge in [-0.1, -0.05) is 26.2 Å². The van der Waals surface area contributed by atoms with E-state index < -0.39 is 0 Å². The van der Waals surface area contributed by atoms with E-state index in [4.69, 9.17) is 0 Å². The van der Waals surface area contributed by atoms with Gasteiger partial charge in [-0.2, -0.15) is 0 Å². The molecule has 0 radical (unpaired) electrons. The standard InChI is InChI=1S/C15H29NO2/c1-13-5-7-15(12-18,8-6-13)11-16(9-10-17)14-3-2-4-14/h13-14,17-18H,2-12H2,1H3. The molecular formula is C15H29NO2. The van der Waals surface area contributed by atoms with Gasteiger partial charge in [-0.3, -0.25) is 4.90 Å². The minimum Gasteiger partial charge on any atom is -0.396 e. The summed E-state index contributed by atoms with van der Waals surface area (Å²) in [6.07, 6.45) is 8.68. The van der Waals surface area contributed by atoms with Crippen molar-refractivity contribution in [3.63, 3.8) is 0 Å². The molecule has 2 fully saturated rings. The number of nitrogens with zero attached hydrogens (tertiary/aromatic N) is 1. The molecule has 2 aliphatic rings. The third-order valence-corrected chi connectivity index (χ3v) is 5.19. The Morgan fingerprint density at radius 3 is 2.22 bits per heavy atom. The molecule has 0 aromatic heterocycles. The van der Waals surface area contributed by atoms with E-state index in [0.717, 1.165) is 31.8 Å². The molecule has 3 heteroatoms. The minimum absolute atomic E-state index is 0.108. The molecule has 106 valence electrons. The van der Waals surface area contributed by atoms with Crippen LogP contribution in [0.25, 0.3) is 0 Å². The molecule has 0 saturated heterocycles. The molecule has 0 bridgehead atoms. The summed E-state index contributed by atoms with van der Waals surface area (Å²) in [6.45, 7) is 4.64. The highest BCUT2D eigenvalue weighted by molar-refractivity contribution is 4.90. The third kappa shape index (κ3) is 3.25. The maximum atomic E-state index is 9.83. The predicted octanol–water partition coefficient (Wildman–Crippen LogP) is 2.02. The quantitative estimate of drug-likeness (QED) is 0.763. The van der Waals surface area contributed by atoms with E-state index in [9.17, 15) is 10.2 Å². The van der Waals surface area contributed by atoms with Gasteiger partial charge >= 0.3 is 0 Å². The van der Waals surface area contributed by atoms with E-state index in [0.29, 0.717) is 12.6 Å². The molecule has 0 atom stereocenters. The molecule has 18 heavy (non-hydrogen) atoms. The van der Waals surface area contributed by atoms with E-state index in [1.165, 1.54) is 32.1 Å².